The quantitative estimate of drug-likeness (QED) is 0.345. The monoisotopic (exact) mass is 463 g/mol. The third-order valence-corrected chi connectivity index (χ3v) is 5.88. The Balaban J connectivity index is 1.64. The summed E-state index contributed by atoms with van der Waals surface area (Å²) in [6.45, 7) is 6.65. The summed E-state index contributed by atoms with van der Waals surface area (Å²) < 4.78 is 12.7. The summed E-state index contributed by atoms with van der Waals surface area (Å²) in [5.74, 6) is -0.108. The SMILES string of the molecule is CCCOc1ccc(-c2csc(NC(=O)c3cn4ccc(C)cc4n3)c2C(=O)OCC)cc1. The second-order valence-electron chi connectivity index (χ2n) is 7.50. The Morgan fingerprint density at radius 2 is 1.94 bits per heavy atom. The van der Waals surface area contributed by atoms with E-state index < -0.39 is 11.9 Å². The van der Waals surface area contributed by atoms with Crippen LogP contribution in [0.1, 0.15) is 46.7 Å². The summed E-state index contributed by atoms with van der Waals surface area (Å²) >= 11 is 1.28. The maximum absolute atomic E-state index is 12.9. The number of imidazole rings is 1. The average Bonchev–Trinajstić information content (AvgIpc) is 3.42. The van der Waals surface area contributed by atoms with Gasteiger partial charge in [0.05, 0.1) is 13.2 Å². The van der Waals surface area contributed by atoms with Crippen molar-refractivity contribution in [2.24, 2.45) is 0 Å². The molecule has 1 amide bonds. The van der Waals surface area contributed by atoms with Crippen molar-refractivity contribution in [3.05, 3.63) is 71.0 Å². The molecule has 4 aromatic rings. The molecule has 1 N–H and O–H groups in total. The van der Waals surface area contributed by atoms with Crippen LogP contribution >= 0.6 is 11.3 Å². The number of benzene rings is 1. The first-order valence-electron chi connectivity index (χ1n) is 10.8. The Kier molecular flexibility index (Phi) is 6.74. The number of amides is 1. The molecule has 0 unspecified atom stereocenters. The van der Waals surface area contributed by atoms with Crippen molar-refractivity contribution in [2.45, 2.75) is 27.2 Å². The fourth-order valence-corrected chi connectivity index (χ4v) is 4.33. The summed E-state index contributed by atoms with van der Waals surface area (Å²) in [4.78, 5) is 30.2. The van der Waals surface area contributed by atoms with Crippen molar-refractivity contribution >= 4 is 33.9 Å². The van der Waals surface area contributed by atoms with Crippen LogP contribution in [-0.2, 0) is 4.74 Å². The molecule has 170 valence electrons. The van der Waals surface area contributed by atoms with Crippen LogP contribution in [0.5, 0.6) is 5.75 Å². The number of nitrogens with one attached hydrogen (secondary N) is 1. The van der Waals surface area contributed by atoms with E-state index in [9.17, 15) is 9.59 Å². The lowest BCUT2D eigenvalue weighted by molar-refractivity contribution is 0.0529. The second kappa shape index (κ2) is 9.87. The maximum Gasteiger partial charge on any atom is 0.341 e. The first-order valence-corrected chi connectivity index (χ1v) is 11.7. The summed E-state index contributed by atoms with van der Waals surface area (Å²) in [7, 11) is 0. The number of esters is 1. The number of hydrogen-bond acceptors (Lipinski definition) is 6. The fraction of sp³-hybridized carbons (Fsp3) is 0.240. The van der Waals surface area contributed by atoms with E-state index in [1.165, 1.54) is 11.3 Å². The first-order chi connectivity index (χ1) is 16.0. The topological polar surface area (TPSA) is 81.9 Å². The molecule has 4 rings (SSSR count). The Labute approximate surface area is 196 Å². The number of ether oxygens (including phenoxy) is 2. The molecular formula is C25H25N3O4S. The summed E-state index contributed by atoms with van der Waals surface area (Å²) in [6.07, 6.45) is 4.45. The van der Waals surface area contributed by atoms with Gasteiger partial charge < -0.3 is 19.2 Å². The largest absolute Gasteiger partial charge is 0.494 e. The molecule has 7 nitrogen and oxygen atoms in total. The summed E-state index contributed by atoms with van der Waals surface area (Å²) in [6, 6.07) is 11.4. The number of nitrogens with zero attached hydrogens (tertiary/aromatic N) is 2. The van der Waals surface area contributed by atoms with Gasteiger partial charge in [-0.3, -0.25) is 4.79 Å². The molecule has 0 spiro atoms. The van der Waals surface area contributed by atoms with Gasteiger partial charge in [-0.15, -0.1) is 11.3 Å². The normalized spacial score (nSPS) is 10.9. The molecule has 8 heteroatoms. The van der Waals surface area contributed by atoms with E-state index in [0.29, 0.717) is 28.4 Å². The molecule has 0 aliphatic heterocycles. The Hall–Kier alpha value is -3.65. The van der Waals surface area contributed by atoms with Crippen LogP contribution in [0.4, 0.5) is 5.00 Å². The second-order valence-corrected chi connectivity index (χ2v) is 8.38. The third-order valence-electron chi connectivity index (χ3n) is 4.98. The van der Waals surface area contributed by atoms with Crippen molar-refractivity contribution in [1.29, 1.82) is 0 Å². The molecule has 3 aromatic heterocycles. The van der Waals surface area contributed by atoms with Gasteiger partial charge in [0.25, 0.3) is 5.91 Å². The highest BCUT2D eigenvalue weighted by Crippen LogP contribution is 2.37. The number of hydrogen-bond donors (Lipinski definition) is 1. The molecule has 0 radical (unpaired) electrons. The molecule has 3 heterocycles. The van der Waals surface area contributed by atoms with E-state index in [1.807, 2.05) is 54.9 Å². The standard InChI is InChI=1S/C25H25N3O4S/c1-4-12-32-18-8-6-17(7-9-18)19-15-33-24(22(19)25(30)31-5-2)27-23(29)20-14-28-11-10-16(3)13-21(28)26-20/h6-11,13-15H,4-5,12H2,1-3H3,(H,27,29). The van der Waals surface area contributed by atoms with Crippen LogP contribution in [0.3, 0.4) is 0 Å². The van der Waals surface area contributed by atoms with Gasteiger partial charge in [-0.2, -0.15) is 0 Å². The number of carbonyl (C=O) groups excluding carboxylic acids is 2. The number of pyridine rings is 1. The molecule has 1 aromatic carbocycles. The fourth-order valence-electron chi connectivity index (χ4n) is 3.38. The molecule has 0 aliphatic carbocycles. The van der Waals surface area contributed by atoms with Gasteiger partial charge in [0.2, 0.25) is 0 Å². The minimum absolute atomic E-state index is 0.233. The Morgan fingerprint density at radius 1 is 1.15 bits per heavy atom. The molecule has 0 fully saturated rings. The lowest BCUT2D eigenvalue weighted by atomic mass is 10.0. The van der Waals surface area contributed by atoms with Gasteiger partial charge in [0, 0.05) is 23.3 Å². The zero-order chi connectivity index (χ0) is 23.4. The Bertz CT molecular complexity index is 1290. The molecule has 0 atom stereocenters. The van der Waals surface area contributed by atoms with Crippen LogP contribution in [0.25, 0.3) is 16.8 Å². The molecule has 0 saturated heterocycles. The van der Waals surface area contributed by atoms with Crippen molar-refractivity contribution in [3.8, 4) is 16.9 Å². The van der Waals surface area contributed by atoms with Gasteiger partial charge in [0.1, 0.15) is 27.7 Å². The van der Waals surface area contributed by atoms with Crippen LogP contribution < -0.4 is 10.1 Å². The van der Waals surface area contributed by atoms with E-state index in [-0.39, 0.29) is 12.3 Å². The highest BCUT2D eigenvalue weighted by molar-refractivity contribution is 7.15. The lowest BCUT2D eigenvalue weighted by Crippen LogP contribution is -2.15. The molecule has 33 heavy (non-hydrogen) atoms. The maximum atomic E-state index is 12.9. The van der Waals surface area contributed by atoms with Crippen molar-refractivity contribution < 1.29 is 19.1 Å². The lowest BCUT2D eigenvalue weighted by Gasteiger charge is -2.09. The average molecular weight is 464 g/mol. The first kappa shape index (κ1) is 22.5. The number of rotatable bonds is 8. The zero-order valence-electron chi connectivity index (χ0n) is 18.8. The van der Waals surface area contributed by atoms with E-state index in [1.54, 1.807) is 17.5 Å². The van der Waals surface area contributed by atoms with Crippen molar-refractivity contribution in [2.75, 3.05) is 18.5 Å². The predicted octanol–water partition coefficient (Wildman–Crippen LogP) is 5.59. The van der Waals surface area contributed by atoms with Crippen molar-refractivity contribution in [3.63, 3.8) is 0 Å². The van der Waals surface area contributed by atoms with Crippen LogP contribution in [0.15, 0.2) is 54.2 Å². The van der Waals surface area contributed by atoms with E-state index in [0.717, 1.165) is 23.3 Å². The molecular weight excluding hydrogens is 438 g/mol. The number of aromatic nitrogens is 2. The highest BCUT2D eigenvalue weighted by atomic mass is 32.1. The highest BCUT2D eigenvalue weighted by Gasteiger charge is 2.24. The smallest absolute Gasteiger partial charge is 0.341 e. The van der Waals surface area contributed by atoms with Gasteiger partial charge in [0.15, 0.2) is 0 Å². The molecule has 0 saturated carbocycles. The third kappa shape index (κ3) is 4.90. The zero-order valence-corrected chi connectivity index (χ0v) is 19.6. The predicted molar refractivity (Wildman–Crippen MR) is 129 cm³/mol. The van der Waals surface area contributed by atoms with Gasteiger partial charge in [-0.1, -0.05) is 19.1 Å². The van der Waals surface area contributed by atoms with Gasteiger partial charge >= 0.3 is 5.97 Å². The number of aryl methyl sites for hydroxylation is 1. The van der Waals surface area contributed by atoms with E-state index >= 15 is 0 Å². The molecule has 0 bridgehead atoms. The van der Waals surface area contributed by atoms with E-state index in [4.69, 9.17) is 9.47 Å². The van der Waals surface area contributed by atoms with E-state index in [2.05, 4.69) is 17.2 Å². The van der Waals surface area contributed by atoms with Crippen LogP contribution in [0.2, 0.25) is 0 Å². The minimum Gasteiger partial charge on any atom is -0.494 e. The number of anilines is 1. The van der Waals surface area contributed by atoms with Crippen molar-refractivity contribution in [1.82, 2.24) is 9.38 Å². The number of carbonyl (C=O) groups is 2. The van der Waals surface area contributed by atoms with Crippen LogP contribution in [0, 0.1) is 6.92 Å². The van der Waals surface area contributed by atoms with Crippen LogP contribution in [-0.4, -0.2) is 34.5 Å². The summed E-state index contributed by atoms with van der Waals surface area (Å²) in [5, 5.41) is 5.12. The minimum atomic E-state index is -0.485. The summed E-state index contributed by atoms with van der Waals surface area (Å²) in [5.41, 5.74) is 3.87. The number of fused-ring (bicyclic) bond motifs is 1. The van der Waals surface area contributed by atoms with Gasteiger partial charge in [-0.05, 0) is 55.7 Å². The Morgan fingerprint density at radius 3 is 2.67 bits per heavy atom. The van der Waals surface area contributed by atoms with Gasteiger partial charge in [-0.25, -0.2) is 9.78 Å². The number of thiophene rings is 1. The molecule has 0 aliphatic rings.